The maximum atomic E-state index is 14.5. The minimum absolute atomic E-state index is 0.166. The van der Waals surface area contributed by atoms with Crippen LogP contribution >= 0.6 is 0 Å². The Balaban J connectivity index is 1.55. The quantitative estimate of drug-likeness (QED) is 0.832. The van der Waals surface area contributed by atoms with Gasteiger partial charge in [0.2, 0.25) is 0 Å². The second-order valence-electron chi connectivity index (χ2n) is 7.01. The summed E-state index contributed by atoms with van der Waals surface area (Å²) in [6.07, 6.45) is 4.53. The molecule has 0 aliphatic carbocycles. The highest BCUT2D eigenvalue weighted by Crippen LogP contribution is 2.29. The summed E-state index contributed by atoms with van der Waals surface area (Å²) in [5, 5.41) is 7.53. The molecule has 3 heterocycles. The van der Waals surface area contributed by atoms with E-state index in [0.29, 0.717) is 18.9 Å². The molecule has 8 heteroatoms. The number of alkyl halides is 2. The number of anilines is 1. The van der Waals surface area contributed by atoms with Crippen LogP contribution in [-0.4, -0.2) is 52.6 Å². The van der Waals surface area contributed by atoms with Crippen molar-refractivity contribution in [1.82, 2.24) is 19.9 Å². The van der Waals surface area contributed by atoms with Gasteiger partial charge in [-0.2, -0.15) is 8.78 Å². The van der Waals surface area contributed by atoms with Crippen LogP contribution in [0.3, 0.4) is 0 Å². The molecular weight excluding hydrogens is 350 g/mol. The van der Waals surface area contributed by atoms with Crippen molar-refractivity contribution in [2.24, 2.45) is 0 Å². The maximum Gasteiger partial charge on any atom is 0.302 e. The largest absolute Gasteiger partial charge is 0.469 e. The zero-order valence-corrected chi connectivity index (χ0v) is 15.9. The molecule has 0 unspecified atom stereocenters. The first-order valence-electron chi connectivity index (χ1n) is 9.10. The van der Waals surface area contributed by atoms with Crippen LogP contribution in [0.25, 0.3) is 5.32 Å². The lowest BCUT2D eigenvalue weighted by Crippen LogP contribution is -2.44. The summed E-state index contributed by atoms with van der Waals surface area (Å²) in [5.41, 5.74) is 1.61. The Morgan fingerprint density at radius 3 is 2.56 bits per heavy atom. The summed E-state index contributed by atoms with van der Waals surface area (Å²) in [6.45, 7) is 4.67. The molecule has 27 heavy (non-hydrogen) atoms. The van der Waals surface area contributed by atoms with E-state index in [-0.39, 0.29) is 18.3 Å². The number of nitrogens with one attached hydrogen (secondary N) is 1. The first kappa shape index (κ1) is 19.4. The number of aryl methyl sites for hydroxylation is 1. The normalized spacial score (nSPS) is 16.3. The lowest BCUT2D eigenvalue weighted by atomic mass is 10.0. The Morgan fingerprint density at radius 2 is 1.93 bits per heavy atom. The zero-order chi connectivity index (χ0) is 19.4. The predicted molar refractivity (Wildman–Crippen MR) is 102 cm³/mol. The van der Waals surface area contributed by atoms with Crippen molar-refractivity contribution >= 4 is 11.6 Å². The first-order valence-corrected chi connectivity index (χ1v) is 9.10. The number of hydrogen-bond acceptors (Lipinski definition) is 5. The van der Waals surface area contributed by atoms with E-state index in [1.165, 1.54) is 18.6 Å². The first-order chi connectivity index (χ1) is 12.9. The van der Waals surface area contributed by atoms with E-state index in [1.807, 2.05) is 13.8 Å². The van der Waals surface area contributed by atoms with Gasteiger partial charge in [-0.3, -0.25) is 9.88 Å². The minimum atomic E-state index is -2.95. The Kier molecular flexibility index (Phi) is 5.84. The van der Waals surface area contributed by atoms with Crippen LogP contribution in [0, 0.1) is 13.8 Å². The number of pyridine rings is 1. The van der Waals surface area contributed by atoms with Gasteiger partial charge in [-0.05, 0) is 43.9 Å². The SMILES string of the molecule is C[N-]c1ncnc(NC2CCN(CC(F)(F)c3ccc(C)cn3)CC2)c1C. The lowest BCUT2D eigenvalue weighted by Gasteiger charge is -2.34. The smallest absolute Gasteiger partial charge is 0.302 e. The molecular formula is C19H25F2N6-. The number of nitrogens with zero attached hydrogens (tertiary/aromatic N) is 5. The topological polar surface area (TPSA) is 68.0 Å². The monoisotopic (exact) mass is 375 g/mol. The molecule has 3 rings (SSSR count). The van der Waals surface area contributed by atoms with Gasteiger partial charge in [-0.1, -0.05) is 18.9 Å². The van der Waals surface area contributed by atoms with E-state index in [2.05, 4.69) is 25.6 Å². The standard InChI is InChI=1S/C19H25F2N6/c1-13-4-5-16(23-10-13)19(20,21)11-27-8-6-15(7-9-27)26-18-14(2)17(22-3)24-12-25-18/h4-5,10,12,15H,6-9,11H2,1-3H3,(H-,22,24,25,26)/q-1. The highest BCUT2D eigenvalue weighted by Gasteiger charge is 2.36. The van der Waals surface area contributed by atoms with Crippen molar-refractivity contribution in [3.8, 4) is 0 Å². The van der Waals surface area contributed by atoms with Crippen molar-refractivity contribution in [2.45, 2.75) is 38.7 Å². The van der Waals surface area contributed by atoms with Gasteiger partial charge in [-0.25, -0.2) is 4.98 Å². The third-order valence-corrected chi connectivity index (χ3v) is 4.91. The number of aromatic nitrogens is 3. The molecule has 6 nitrogen and oxygen atoms in total. The van der Waals surface area contributed by atoms with Crippen LogP contribution in [-0.2, 0) is 5.92 Å². The van der Waals surface area contributed by atoms with Crippen LogP contribution in [0.4, 0.5) is 20.4 Å². The molecule has 0 atom stereocenters. The van der Waals surface area contributed by atoms with Gasteiger partial charge in [0.05, 0.1) is 6.54 Å². The van der Waals surface area contributed by atoms with Crippen LogP contribution in [0.1, 0.15) is 29.7 Å². The average Bonchev–Trinajstić information content (AvgIpc) is 2.65. The van der Waals surface area contributed by atoms with Crippen LogP contribution < -0.4 is 5.32 Å². The number of likely N-dealkylation sites (tertiary alicyclic amines) is 1. The Morgan fingerprint density at radius 1 is 1.19 bits per heavy atom. The zero-order valence-electron chi connectivity index (χ0n) is 15.9. The van der Waals surface area contributed by atoms with Gasteiger partial charge in [0.1, 0.15) is 11.5 Å². The third kappa shape index (κ3) is 4.68. The van der Waals surface area contributed by atoms with Gasteiger partial charge in [0, 0.05) is 31.7 Å². The summed E-state index contributed by atoms with van der Waals surface area (Å²) in [7, 11) is 1.70. The second-order valence-corrected chi connectivity index (χ2v) is 7.01. The minimum Gasteiger partial charge on any atom is -0.469 e. The van der Waals surface area contributed by atoms with Crippen molar-refractivity contribution in [3.63, 3.8) is 0 Å². The highest BCUT2D eigenvalue weighted by atomic mass is 19.3. The molecule has 2 aromatic heterocycles. The molecule has 1 saturated heterocycles. The summed E-state index contributed by atoms with van der Waals surface area (Å²) >= 11 is 0. The summed E-state index contributed by atoms with van der Waals surface area (Å²) in [5.74, 6) is -1.53. The van der Waals surface area contributed by atoms with Crippen LogP contribution in [0.5, 0.6) is 0 Å². The van der Waals surface area contributed by atoms with E-state index in [4.69, 9.17) is 0 Å². The fourth-order valence-electron chi connectivity index (χ4n) is 3.29. The van der Waals surface area contributed by atoms with E-state index in [1.54, 1.807) is 18.0 Å². The highest BCUT2D eigenvalue weighted by molar-refractivity contribution is 5.58. The fourth-order valence-corrected chi connectivity index (χ4v) is 3.29. The van der Waals surface area contributed by atoms with E-state index in [0.717, 1.165) is 29.8 Å². The fraction of sp³-hybridized carbons (Fsp3) is 0.526. The molecule has 0 bridgehead atoms. The van der Waals surface area contributed by atoms with E-state index < -0.39 is 5.92 Å². The second kappa shape index (κ2) is 8.12. The Bertz CT molecular complexity index is 757. The molecule has 146 valence electrons. The summed E-state index contributed by atoms with van der Waals surface area (Å²) in [4.78, 5) is 14.1. The summed E-state index contributed by atoms with van der Waals surface area (Å²) < 4.78 is 29.0. The van der Waals surface area contributed by atoms with Gasteiger partial charge < -0.3 is 15.6 Å². The van der Waals surface area contributed by atoms with Crippen molar-refractivity contribution in [3.05, 3.63) is 46.8 Å². The van der Waals surface area contributed by atoms with Gasteiger partial charge in [0.25, 0.3) is 0 Å². The molecule has 0 saturated carbocycles. The van der Waals surface area contributed by atoms with Crippen molar-refractivity contribution in [1.29, 1.82) is 0 Å². The Labute approximate surface area is 158 Å². The van der Waals surface area contributed by atoms with E-state index in [9.17, 15) is 8.78 Å². The van der Waals surface area contributed by atoms with Crippen molar-refractivity contribution in [2.75, 3.05) is 32.0 Å². The molecule has 1 aliphatic rings. The molecule has 0 aromatic carbocycles. The predicted octanol–water partition coefficient (Wildman–Crippen LogP) is 3.79. The molecule has 1 fully saturated rings. The maximum absolute atomic E-state index is 14.5. The van der Waals surface area contributed by atoms with E-state index >= 15 is 0 Å². The van der Waals surface area contributed by atoms with Crippen LogP contribution in [0.15, 0.2) is 24.7 Å². The average molecular weight is 375 g/mol. The Hall–Kier alpha value is -2.35. The lowest BCUT2D eigenvalue weighted by molar-refractivity contribution is -0.0457. The number of rotatable bonds is 6. The molecule has 0 amide bonds. The van der Waals surface area contributed by atoms with Gasteiger partial charge in [-0.15, -0.1) is 0 Å². The molecule has 0 spiro atoms. The van der Waals surface area contributed by atoms with Crippen LogP contribution in [0.2, 0.25) is 0 Å². The van der Waals surface area contributed by atoms with Crippen molar-refractivity contribution < 1.29 is 8.78 Å². The van der Waals surface area contributed by atoms with Gasteiger partial charge in [0.15, 0.2) is 0 Å². The summed E-state index contributed by atoms with van der Waals surface area (Å²) in [6, 6.07) is 3.29. The number of halogens is 2. The molecule has 2 aromatic rings. The molecule has 0 radical (unpaired) electrons. The molecule has 1 N–H and O–H groups in total. The number of piperidine rings is 1. The molecule has 1 aliphatic heterocycles. The number of hydrogen-bond donors (Lipinski definition) is 1. The third-order valence-electron chi connectivity index (χ3n) is 4.91. The van der Waals surface area contributed by atoms with Gasteiger partial charge >= 0.3 is 5.92 Å².